The summed E-state index contributed by atoms with van der Waals surface area (Å²) in [5.41, 5.74) is 1.04. The predicted molar refractivity (Wildman–Crippen MR) is 76.0 cm³/mol. The lowest BCUT2D eigenvalue weighted by Gasteiger charge is -2.29. The molecular formula is C14H24N2OS. The van der Waals surface area contributed by atoms with Crippen LogP contribution in [0.1, 0.15) is 54.1 Å². The van der Waals surface area contributed by atoms with Gasteiger partial charge in [-0.2, -0.15) is 0 Å². The van der Waals surface area contributed by atoms with Crippen LogP contribution >= 0.6 is 11.3 Å². The average molecular weight is 268 g/mol. The number of rotatable bonds is 4. The molecule has 0 spiro atoms. The molecular weight excluding hydrogens is 244 g/mol. The maximum atomic E-state index is 5.92. The van der Waals surface area contributed by atoms with Gasteiger partial charge in [0.15, 0.2) is 0 Å². The first-order valence-corrected chi connectivity index (χ1v) is 7.70. The molecule has 102 valence electrons. The maximum absolute atomic E-state index is 5.92. The van der Waals surface area contributed by atoms with Gasteiger partial charge in [0.1, 0.15) is 10.6 Å². The number of ether oxygens (including phenoxy) is 1. The number of hydrogen-bond acceptors (Lipinski definition) is 4. The Morgan fingerprint density at radius 3 is 2.50 bits per heavy atom. The molecule has 1 heterocycles. The molecule has 3 nitrogen and oxygen atoms in total. The van der Waals surface area contributed by atoms with Crippen LogP contribution in [0.2, 0.25) is 0 Å². The Labute approximate surface area is 114 Å². The predicted octanol–water partition coefficient (Wildman–Crippen LogP) is 3.37. The zero-order valence-corrected chi connectivity index (χ0v) is 12.5. The van der Waals surface area contributed by atoms with Crippen molar-refractivity contribution in [2.24, 2.45) is 0 Å². The number of nitrogens with one attached hydrogen (secondary N) is 1. The Hall–Kier alpha value is -0.450. The molecule has 1 saturated carbocycles. The first kappa shape index (κ1) is 14.0. The van der Waals surface area contributed by atoms with Gasteiger partial charge < -0.3 is 10.1 Å². The van der Waals surface area contributed by atoms with Crippen LogP contribution in [0.25, 0.3) is 0 Å². The van der Waals surface area contributed by atoms with E-state index < -0.39 is 0 Å². The Kier molecular flexibility index (Phi) is 4.76. The standard InChI is InChI=1S/C14H24N2OS/c1-11-12(10-15-2)18-13(16-11)14(17-3)8-6-4-5-7-9-14/h15H,4-10H2,1-3H3. The van der Waals surface area contributed by atoms with Gasteiger partial charge in [0.2, 0.25) is 0 Å². The smallest absolute Gasteiger partial charge is 0.125 e. The van der Waals surface area contributed by atoms with E-state index >= 15 is 0 Å². The van der Waals surface area contributed by atoms with Gasteiger partial charge in [-0.15, -0.1) is 11.3 Å². The van der Waals surface area contributed by atoms with Gasteiger partial charge in [0.25, 0.3) is 0 Å². The fourth-order valence-corrected chi connectivity index (χ4v) is 4.05. The zero-order valence-electron chi connectivity index (χ0n) is 11.7. The van der Waals surface area contributed by atoms with Crippen LogP contribution in [-0.2, 0) is 16.9 Å². The van der Waals surface area contributed by atoms with Gasteiger partial charge in [-0.1, -0.05) is 25.7 Å². The minimum absolute atomic E-state index is 0.113. The molecule has 1 N–H and O–H groups in total. The average Bonchev–Trinajstić information content (AvgIpc) is 2.63. The molecule has 4 heteroatoms. The summed E-state index contributed by atoms with van der Waals surface area (Å²) in [6.07, 6.45) is 7.42. The summed E-state index contributed by atoms with van der Waals surface area (Å²) in [6, 6.07) is 0. The second-order valence-electron chi connectivity index (χ2n) is 5.17. The molecule has 0 aliphatic heterocycles. The van der Waals surface area contributed by atoms with E-state index in [0.717, 1.165) is 25.1 Å². The molecule has 0 amide bonds. The highest BCUT2D eigenvalue weighted by Gasteiger charge is 2.36. The van der Waals surface area contributed by atoms with Gasteiger partial charge in [-0.05, 0) is 26.8 Å². The molecule has 1 aromatic heterocycles. The second-order valence-corrected chi connectivity index (χ2v) is 6.25. The van der Waals surface area contributed by atoms with Gasteiger partial charge in [0.05, 0.1) is 5.69 Å². The maximum Gasteiger partial charge on any atom is 0.125 e. The third-order valence-electron chi connectivity index (χ3n) is 3.92. The Morgan fingerprint density at radius 1 is 1.28 bits per heavy atom. The minimum Gasteiger partial charge on any atom is -0.371 e. The van der Waals surface area contributed by atoms with Gasteiger partial charge in [-0.25, -0.2) is 4.98 Å². The number of thiazole rings is 1. The lowest BCUT2D eigenvalue weighted by atomic mass is 9.95. The van der Waals surface area contributed by atoms with Crippen LogP contribution in [0.3, 0.4) is 0 Å². The van der Waals surface area contributed by atoms with Crippen molar-refractivity contribution in [3.05, 3.63) is 15.6 Å². The molecule has 2 rings (SSSR count). The van der Waals surface area contributed by atoms with Crippen molar-refractivity contribution in [2.75, 3.05) is 14.2 Å². The van der Waals surface area contributed by atoms with Crippen molar-refractivity contribution < 1.29 is 4.74 Å². The van der Waals surface area contributed by atoms with E-state index in [1.807, 2.05) is 25.5 Å². The first-order valence-electron chi connectivity index (χ1n) is 6.88. The van der Waals surface area contributed by atoms with Gasteiger partial charge >= 0.3 is 0 Å². The lowest BCUT2D eigenvalue weighted by Crippen LogP contribution is -2.27. The molecule has 0 atom stereocenters. The summed E-state index contributed by atoms with van der Waals surface area (Å²) >= 11 is 1.82. The summed E-state index contributed by atoms with van der Waals surface area (Å²) in [4.78, 5) is 6.13. The van der Waals surface area contributed by atoms with E-state index in [2.05, 4.69) is 12.2 Å². The second kappa shape index (κ2) is 6.13. The number of hydrogen-bond donors (Lipinski definition) is 1. The van der Waals surface area contributed by atoms with Crippen molar-refractivity contribution in [3.63, 3.8) is 0 Å². The molecule has 0 bridgehead atoms. The summed E-state index contributed by atoms with van der Waals surface area (Å²) in [5.74, 6) is 0. The highest BCUT2D eigenvalue weighted by molar-refractivity contribution is 7.11. The van der Waals surface area contributed by atoms with Crippen LogP contribution in [-0.4, -0.2) is 19.1 Å². The highest BCUT2D eigenvalue weighted by Crippen LogP contribution is 2.41. The SMILES string of the molecule is CNCc1sc(C2(OC)CCCCCC2)nc1C. The fraction of sp³-hybridized carbons (Fsp3) is 0.786. The molecule has 1 fully saturated rings. The molecule has 1 aromatic rings. The van der Waals surface area contributed by atoms with Crippen LogP contribution in [0.15, 0.2) is 0 Å². The lowest BCUT2D eigenvalue weighted by molar-refractivity contribution is -0.0280. The third kappa shape index (κ3) is 2.76. The monoisotopic (exact) mass is 268 g/mol. The molecule has 1 aliphatic rings. The Morgan fingerprint density at radius 2 is 1.94 bits per heavy atom. The minimum atomic E-state index is -0.113. The highest BCUT2D eigenvalue weighted by atomic mass is 32.1. The van der Waals surface area contributed by atoms with E-state index in [1.165, 1.54) is 35.6 Å². The number of nitrogens with zero attached hydrogens (tertiary/aromatic N) is 1. The van der Waals surface area contributed by atoms with Crippen molar-refractivity contribution in [3.8, 4) is 0 Å². The molecule has 0 saturated heterocycles. The van der Waals surface area contributed by atoms with E-state index in [9.17, 15) is 0 Å². The normalized spacial score (nSPS) is 19.7. The summed E-state index contributed by atoms with van der Waals surface area (Å²) < 4.78 is 5.92. The molecule has 0 unspecified atom stereocenters. The van der Waals surface area contributed by atoms with E-state index in [1.54, 1.807) is 0 Å². The van der Waals surface area contributed by atoms with Crippen LogP contribution < -0.4 is 5.32 Å². The summed E-state index contributed by atoms with van der Waals surface area (Å²) in [6.45, 7) is 3.01. The number of methoxy groups -OCH3 is 1. The van der Waals surface area contributed by atoms with E-state index in [4.69, 9.17) is 9.72 Å². The Bertz CT molecular complexity index is 381. The largest absolute Gasteiger partial charge is 0.371 e. The van der Waals surface area contributed by atoms with E-state index in [0.29, 0.717) is 0 Å². The zero-order chi connectivity index (χ0) is 13.0. The fourth-order valence-electron chi connectivity index (χ4n) is 2.75. The molecule has 1 aliphatic carbocycles. The topological polar surface area (TPSA) is 34.1 Å². The van der Waals surface area contributed by atoms with Crippen LogP contribution in [0.4, 0.5) is 0 Å². The Balaban J connectivity index is 2.28. The molecule has 0 aromatic carbocycles. The van der Waals surface area contributed by atoms with Crippen molar-refractivity contribution >= 4 is 11.3 Å². The first-order chi connectivity index (χ1) is 8.72. The van der Waals surface area contributed by atoms with Gasteiger partial charge in [0, 0.05) is 18.5 Å². The van der Waals surface area contributed by atoms with Crippen LogP contribution in [0.5, 0.6) is 0 Å². The third-order valence-corrected chi connectivity index (χ3v) is 5.26. The van der Waals surface area contributed by atoms with Crippen molar-refractivity contribution in [1.82, 2.24) is 10.3 Å². The quantitative estimate of drug-likeness (QED) is 0.850. The molecule has 0 radical (unpaired) electrons. The molecule has 18 heavy (non-hydrogen) atoms. The van der Waals surface area contributed by atoms with Crippen molar-refractivity contribution in [1.29, 1.82) is 0 Å². The summed E-state index contributed by atoms with van der Waals surface area (Å²) in [5, 5.41) is 4.40. The van der Waals surface area contributed by atoms with Crippen LogP contribution in [0, 0.1) is 6.92 Å². The van der Waals surface area contributed by atoms with E-state index in [-0.39, 0.29) is 5.60 Å². The number of aromatic nitrogens is 1. The summed E-state index contributed by atoms with van der Waals surface area (Å²) in [7, 11) is 3.83. The van der Waals surface area contributed by atoms with Gasteiger partial charge in [-0.3, -0.25) is 0 Å². The van der Waals surface area contributed by atoms with Crippen molar-refractivity contribution in [2.45, 2.75) is 57.6 Å². The number of aryl methyl sites for hydroxylation is 1.